The van der Waals surface area contributed by atoms with Gasteiger partial charge in [0.05, 0.1) is 10.5 Å². The normalized spacial score (nSPS) is 10.4. The van der Waals surface area contributed by atoms with Crippen LogP contribution in [0, 0.1) is 0 Å². The zero-order valence-electron chi connectivity index (χ0n) is 6.87. The standard InChI is InChI=1S/C9H4Cl2N2O/c10-5-2-1-3-6-8(5)13-9(11)7(4-14)12-6/h1-4H. The van der Waals surface area contributed by atoms with Gasteiger partial charge in [-0.05, 0) is 12.1 Å². The number of hydrogen-bond donors (Lipinski definition) is 0. The van der Waals surface area contributed by atoms with Crippen LogP contribution in [0.5, 0.6) is 0 Å². The van der Waals surface area contributed by atoms with E-state index in [-0.39, 0.29) is 10.8 Å². The van der Waals surface area contributed by atoms with Gasteiger partial charge >= 0.3 is 0 Å². The Labute approximate surface area is 89.7 Å². The first-order valence-electron chi connectivity index (χ1n) is 3.79. The number of halogens is 2. The summed E-state index contributed by atoms with van der Waals surface area (Å²) in [6.07, 6.45) is 0.565. The highest BCUT2D eigenvalue weighted by molar-refractivity contribution is 6.36. The molecule has 2 aromatic rings. The van der Waals surface area contributed by atoms with Crippen LogP contribution in [0.25, 0.3) is 11.0 Å². The van der Waals surface area contributed by atoms with Gasteiger partial charge in [0.2, 0.25) is 0 Å². The lowest BCUT2D eigenvalue weighted by atomic mass is 10.3. The fourth-order valence-corrected chi connectivity index (χ4v) is 1.49. The summed E-state index contributed by atoms with van der Waals surface area (Å²) in [5.41, 5.74) is 1.19. The predicted octanol–water partition coefficient (Wildman–Crippen LogP) is 2.75. The van der Waals surface area contributed by atoms with Gasteiger partial charge in [-0.15, -0.1) is 0 Å². The second kappa shape index (κ2) is 3.52. The van der Waals surface area contributed by atoms with Gasteiger partial charge in [0.1, 0.15) is 11.2 Å². The Morgan fingerprint density at radius 1 is 1.21 bits per heavy atom. The van der Waals surface area contributed by atoms with E-state index in [1.54, 1.807) is 18.2 Å². The molecule has 0 aliphatic carbocycles. The highest BCUT2D eigenvalue weighted by Gasteiger charge is 2.07. The van der Waals surface area contributed by atoms with Gasteiger partial charge in [-0.1, -0.05) is 29.3 Å². The molecule has 1 heterocycles. The number of hydrogen-bond acceptors (Lipinski definition) is 3. The van der Waals surface area contributed by atoms with Crippen molar-refractivity contribution in [1.82, 2.24) is 9.97 Å². The second-order valence-corrected chi connectivity index (χ2v) is 3.39. The number of aromatic nitrogens is 2. The number of carbonyl (C=O) groups excluding carboxylic acids is 1. The predicted molar refractivity (Wildman–Crippen MR) is 54.9 cm³/mol. The maximum atomic E-state index is 10.5. The van der Waals surface area contributed by atoms with Crippen LogP contribution in [-0.2, 0) is 0 Å². The molecule has 0 N–H and O–H groups in total. The highest BCUT2D eigenvalue weighted by Crippen LogP contribution is 2.22. The fourth-order valence-electron chi connectivity index (χ4n) is 1.11. The summed E-state index contributed by atoms with van der Waals surface area (Å²) in [5.74, 6) is 0. The van der Waals surface area contributed by atoms with E-state index >= 15 is 0 Å². The number of benzene rings is 1. The molecule has 0 saturated carbocycles. The lowest BCUT2D eigenvalue weighted by molar-refractivity contribution is 0.111. The third-order valence-electron chi connectivity index (χ3n) is 1.74. The van der Waals surface area contributed by atoms with Gasteiger partial charge in [0.25, 0.3) is 0 Å². The summed E-state index contributed by atoms with van der Waals surface area (Å²) in [6.45, 7) is 0. The van der Waals surface area contributed by atoms with E-state index < -0.39 is 0 Å². The number of para-hydroxylation sites is 1. The largest absolute Gasteiger partial charge is 0.296 e. The van der Waals surface area contributed by atoms with E-state index in [9.17, 15) is 4.79 Å². The molecule has 1 aromatic carbocycles. The van der Waals surface area contributed by atoms with E-state index in [0.29, 0.717) is 22.3 Å². The molecule has 0 unspecified atom stereocenters. The third kappa shape index (κ3) is 1.45. The van der Waals surface area contributed by atoms with E-state index in [2.05, 4.69) is 9.97 Å². The van der Waals surface area contributed by atoms with E-state index in [1.165, 1.54) is 0 Å². The smallest absolute Gasteiger partial charge is 0.171 e. The summed E-state index contributed by atoms with van der Waals surface area (Å²) in [7, 11) is 0. The fraction of sp³-hybridized carbons (Fsp3) is 0. The van der Waals surface area contributed by atoms with Crippen LogP contribution >= 0.6 is 23.2 Å². The molecule has 0 spiro atoms. The lowest BCUT2D eigenvalue weighted by Crippen LogP contribution is -1.93. The van der Waals surface area contributed by atoms with Crippen molar-refractivity contribution >= 4 is 40.5 Å². The summed E-state index contributed by atoms with van der Waals surface area (Å²) in [6, 6.07) is 5.15. The summed E-state index contributed by atoms with van der Waals surface area (Å²) in [5, 5.41) is 0.537. The van der Waals surface area contributed by atoms with Crippen molar-refractivity contribution in [1.29, 1.82) is 0 Å². The summed E-state index contributed by atoms with van der Waals surface area (Å²) >= 11 is 11.6. The Hall–Kier alpha value is -1.19. The van der Waals surface area contributed by atoms with Gasteiger partial charge in [-0.3, -0.25) is 4.79 Å². The van der Waals surface area contributed by atoms with Crippen molar-refractivity contribution < 1.29 is 4.79 Å². The Kier molecular flexibility index (Phi) is 2.35. The molecule has 3 nitrogen and oxygen atoms in total. The number of carbonyl (C=O) groups is 1. The van der Waals surface area contributed by atoms with Crippen molar-refractivity contribution in [2.75, 3.05) is 0 Å². The third-order valence-corrected chi connectivity index (χ3v) is 2.32. The van der Waals surface area contributed by atoms with Gasteiger partial charge in [-0.25, -0.2) is 9.97 Å². The summed E-state index contributed by atoms with van der Waals surface area (Å²) < 4.78 is 0. The minimum Gasteiger partial charge on any atom is -0.296 e. The van der Waals surface area contributed by atoms with Crippen molar-refractivity contribution in [2.24, 2.45) is 0 Å². The zero-order valence-corrected chi connectivity index (χ0v) is 8.38. The van der Waals surface area contributed by atoms with Crippen LogP contribution in [0.2, 0.25) is 10.2 Å². The average molecular weight is 227 g/mol. The van der Waals surface area contributed by atoms with Crippen LogP contribution in [0.4, 0.5) is 0 Å². The van der Waals surface area contributed by atoms with E-state index in [4.69, 9.17) is 23.2 Å². The SMILES string of the molecule is O=Cc1nc2cccc(Cl)c2nc1Cl. The first-order valence-corrected chi connectivity index (χ1v) is 4.55. The number of aldehydes is 1. The van der Waals surface area contributed by atoms with Gasteiger partial charge in [0.15, 0.2) is 11.4 Å². The topological polar surface area (TPSA) is 42.9 Å². The average Bonchev–Trinajstić information content (AvgIpc) is 2.19. The lowest BCUT2D eigenvalue weighted by Gasteiger charge is -2.00. The Bertz CT molecular complexity index is 513. The van der Waals surface area contributed by atoms with Crippen molar-refractivity contribution in [3.63, 3.8) is 0 Å². The number of nitrogens with zero attached hydrogens (tertiary/aromatic N) is 2. The molecular formula is C9H4Cl2N2O. The molecule has 0 aliphatic heterocycles. The molecule has 0 atom stereocenters. The molecule has 2 rings (SSSR count). The van der Waals surface area contributed by atoms with E-state index in [1.807, 2.05) is 0 Å². The Morgan fingerprint density at radius 3 is 2.71 bits per heavy atom. The molecular weight excluding hydrogens is 223 g/mol. The molecule has 0 aliphatic rings. The number of fused-ring (bicyclic) bond motifs is 1. The maximum Gasteiger partial charge on any atom is 0.171 e. The van der Waals surface area contributed by atoms with Gasteiger partial charge < -0.3 is 0 Å². The number of rotatable bonds is 1. The first-order chi connectivity index (χ1) is 6.72. The molecule has 70 valence electrons. The van der Waals surface area contributed by atoms with Crippen LogP contribution in [0.15, 0.2) is 18.2 Å². The quantitative estimate of drug-likeness (QED) is 0.703. The van der Waals surface area contributed by atoms with E-state index in [0.717, 1.165) is 0 Å². The Balaban J connectivity index is 2.85. The van der Waals surface area contributed by atoms with Crippen molar-refractivity contribution in [3.05, 3.63) is 34.1 Å². The van der Waals surface area contributed by atoms with Gasteiger partial charge in [0, 0.05) is 0 Å². The van der Waals surface area contributed by atoms with Crippen LogP contribution in [0.3, 0.4) is 0 Å². The van der Waals surface area contributed by atoms with Gasteiger partial charge in [-0.2, -0.15) is 0 Å². The Morgan fingerprint density at radius 2 is 2.00 bits per heavy atom. The molecule has 0 saturated heterocycles. The molecule has 1 aromatic heterocycles. The zero-order chi connectivity index (χ0) is 10.1. The monoisotopic (exact) mass is 226 g/mol. The highest BCUT2D eigenvalue weighted by atomic mass is 35.5. The van der Waals surface area contributed by atoms with Crippen molar-refractivity contribution in [3.8, 4) is 0 Å². The maximum absolute atomic E-state index is 10.5. The van der Waals surface area contributed by atoms with Crippen molar-refractivity contribution in [2.45, 2.75) is 0 Å². The van der Waals surface area contributed by atoms with Crippen LogP contribution in [-0.4, -0.2) is 16.3 Å². The minimum atomic E-state index is 0.0700. The molecule has 5 heteroatoms. The first kappa shape index (κ1) is 9.37. The molecule has 14 heavy (non-hydrogen) atoms. The molecule has 0 bridgehead atoms. The summed E-state index contributed by atoms with van der Waals surface area (Å²) in [4.78, 5) is 18.5. The molecule has 0 fully saturated rings. The van der Waals surface area contributed by atoms with Crippen LogP contribution in [0.1, 0.15) is 10.5 Å². The second-order valence-electron chi connectivity index (χ2n) is 2.63. The molecule has 0 amide bonds. The minimum absolute atomic E-state index is 0.0700. The van der Waals surface area contributed by atoms with Crippen LogP contribution < -0.4 is 0 Å². The molecule has 0 radical (unpaired) electrons.